The number of hydrogen-bond acceptors (Lipinski definition) is 9. The fourth-order valence-corrected chi connectivity index (χ4v) is 3.85. The van der Waals surface area contributed by atoms with E-state index < -0.39 is 11.9 Å². The van der Waals surface area contributed by atoms with Gasteiger partial charge in [0.2, 0.25) is 11.9 Å². The van der Waals surface area contributed by atoms with Crippen LogP contribution in [0.4, 0.5) is 16.7 Å². The van der Waals surface area contributed by atoms with Gasteiger partial charge in [-0.15, -0.1) is 0 Å². The summed E-state index contributed by atoms with van der Waals surface area (Å²) >= 11 is 0. The van der Waals surface area contributed by atoms with Crippen molar-refractivity contribution in [2.24, 2.45) is 0 Å². The Morgan fingerprint density at radius 3 is 2.69 bits per heavy atom. The molecule has 0 aromatic carbocycles. The second kappa shape index (κ2) is 8.02. The molecule has 2 aliphatic heterocycles. The maximum atomic E-state index is 12.0. The van der Waals surface area contributed by atoms with Crippen molar-refractivity contribution in [3.63, 3.8) is 0 Å². The van der Waals surface area contributed by atoms with Gasteiger partial charge in [0.05, 0.1) is 19.4 Å². The van der Waals surface area contributed by atoms with Gasteiger partial charge in [-0.2, -0.15) is 19.6 Å². The Bertz CT molecular complexity index is 1080. The van der Waals surface area contributed by atoms with E-state index in [4.69, 9.17) is 9.72 Å². The van der Waals surface area contributed by atoms with Crippen molar-refractivity contribution in [3.8, 4) is 0 Å². The molecule has 0 radical (unpaired) electrons. The van der Waals surface area contributed by atoms with Crippen molar-refractivity contribution in [2.45, 2.75) is 38.3 Å². The zero-order chi connectivity index (χ0) is 22.3. The standard InChI is InChI=1S/C20H27N9O3/c1-20(2,11-28-5-7-32-8-6-28)27-17-24-15-12(9-14-16(30)25-19(31)23-14)10-21-29(15)18(26-17)22-13-3-4-13/h9-10,13H,3-8,11H2,1-2H3,(H2,22,24,26,27)(H2,23,25,30,31)/b14-9-. The lowest BCUT2D eigenvalue weighted by Crippen LogP contribution is -2.48. The third kappa shape index (κ3) is 4.50. The zero-order valence-electron chi connectivity index (χ0n) is 18.1. The normalized spacial score (nSPS) is 21.1. The van der Waals surface area contributed by atoms with Gasteiger partial charge in [-0.05, 0) is 32.8 Å². The average Bonchev–Trinajstić information content (AvgIpc) is 3.37. The van der Waals surface area contributed by atoms with E-state index in [2.05, 4.69) is 50.1 Å². The summed E-state index contributed by atoms with van der Waals surface area (Å²) in [5, 5.41) is 16.0. The van der Waals surface area contributed by atoms with E-state index in [1.807, 2.05) is 0 Å². The van der Waals surface area contributed by atoms with Crippen molar-refractivity contribution in [1.29, 1.82) is 0 Å². The number of anilines is 2. The van der Waals surface area contributed by atoms with Gasteiger partial charge >= 0.3 is 6.03 Å². The number of ether oxygens (including phenoxy) is 1. The van der Waals surface area contributed by atoms with Gasteiger partial charge in [0.1, 0.15) is 5.70 Å². The first-order valence-corrected chi connectivity index (χ1v) is 10.8. The molecule has 4 heterocycles. The summed E-state index contributed by atoms with van der Waals surface area (Å²) in [6.07, 6.45) is 5.34. The number of carbonyl (C=O) groups excluding carboxylic acids is 2. The van der Waals surface area contributed by atoms with Crippen molar-refractivity contribution in [2.75, 3.05) is 43.5 Å². The maximum Gasteiger partial charge on any atom is 0.326 e. The minimum Gasteiger partial charge on any atom is -0.379 e. The molecule has 2 aromatic rings. The van der Waals surface area contributed by atoms with Crippen molar-refractivity contribution < 1.29 is 14.3 Å². The van der Waals surface area contributed by atoms with Crippen LogP contribution in [-0.4, -0.2) is 80.8 Å². The minimum atomic E-state index is -0.546. The average molecular weight is 441 g/mol. The Labute approximate surface area is 184 Å². The highest BCUT2D eigenvalue weighted by atomic mass is 16.5. The molecule has 2 aromatic heterocycles. The minimum absolute atomic E-state index is 0.155. The number of rotatable bonds is 7. The molecular formula is C20H27N9O3. The molecule has 3 aliphatic rings. The third-order valence-electron chi connectivity index (χ3n) is 5.50. The number of morpholine rings is 1. The third-order valence-corrected chi connectivity index (χ3v) is 5.50. The predicted octanol–water partition coefficient (Wildman–Crippen LogP) is 0.402. The lowest BCUT2D eigenvalue weighted by atomic mass is 10.1. The summed E-state index contributed by atoms with van der Waals surface area (Å²) in [7, 11) is 0. The first kappa shape index (κ1) is 20.6. The van der Waals surface area contributed by atoms with E-state index in [0.717, 1.165) is 45.7 Å². The largest absolute Gasteiger partial charge is 0.379 e. The van der Waals surface area contributed by atoms with E-state index >= 15 is 0 Å². The number of amides is 3. The Morgan fingerprint density at radius 1 is 1.22 bits per heavy atom. The molecule has 0 atom stereocenters. The topological polar surface area (TPSA) is 138 Å². The highest BCUT2D eigenvalue weighted by molar-refractivity contribution is 6.14. The number of urea groups is 1. The fraction of sp³-hybridized carbons (Fsp3) is 0.550. The molecule has 5 rings (SSSR count). The molecule has 3 fully saturated rings. The molecule has 170 valence electrons. The summed E-state index contributed by atoms with van der Waals surface area (Å²) < 4.78 is 7.07. The van der Waals surface area contributed by atoms with Crippen LogP contribution in [0.2, 0.25) is 0 Å². The first-order valence-electron chi connectivity index (χ1n) is 10.8. The molecule has 0 bridgehead atoms. The van der Waals surface area contributed by atoms with Crippen LogP contribution in [0, 0.1) is 0 Å². The summed E-state index contributed by atoms with van der Waals surface area (Å²) in [6, 6.07) is -0.177. The van der Waals surface area contributed by atoms with Crippen LogP contribution >= 0.6 is 0 Å². The second-order valence-corrected chi connectivity index (χ2v) is 8.99. The quantitative estimate of drug-likeness (QED) is 0.355. The number of carbonyl (C=O) groups is 2. The Balaban J connectivity index is 1.46. The smallest absolute Gasteiger partial charge is 0.326 e. The van der Waals surface area contributed by atoms with Crippen LogP contribution < -0.4 is 21.3 Å². The molecule has 1 aliphatic carbocycles. The molecule has 2 saturated heterocycles. The molecule has 12 nitrogen and oxygen atoms in total. The van der Waals surface area contributed by atoms with E-state index in [1.54, 1.807) is 16.8 Å². The lowest BCUT2D eigenvalue weighted by Gasteiger charge is -2.35. The highest BCUT2D eigenvalue weighted by Gasteiger charge is 2.28. The molecule has 1 saturated carbocycles. The van der Waals surface area contributed by atoms with Gasteiger partial charge in [-0.25, -0.2) is 4.79 Å². The van der Waals surface area contributed by atoms with Crippen LogP contribution in [0.5, 0.6) is 0 Å². The highest BCUT2D eigenvalue weighted by Crippen LogP contribution is 2.26. The summed E-state index contributed by atoms with van der Waals surface area (Å²) in [5.74, 6) is 0.579. The summed E-state index contributed by atoms with van der Waals surface area (Å²) in [4.78, 5) is 35.1. The number of nitrogens with one attached hydrogen (secondary N) is 4. The Kier molecular flexibility index (Phi) is 5.18. The second-order valence-electron chi connectivity index (χ2n) is 8.99. The number of fused-ring (bicyclic) bond motifs is 1. The fourth-order valence-electron chi connectivity index (χ4n) is 3.85. The lowest BCUT2D eigenvalue weighted by molar-refractivity contribution is -0.115. The van der Waals surface area contributed by atoms with Crippen LogP contribution in [0.1, 0.15) is 32.3 Å². The molecule has 0 spiro atoms. The molecular weight excluding hydrogens is 414 g/mol. The van der Waals surface area contributed by atoms with E-state index in [9.17, 15) is 9.59 Å². The number of imide groups is 1. The number of hydrogen-bond donors (Lipinski definition) is 4. The van der Waals surface area contributed by atoms with E-state index in [0.29, 0.717) is 29.1 Å². The maximum absolute atomic E-state index is 12.0. The van der Waals surface area contributed by atoms with Gasteiger partial charge in [0.25, 0.3) is 5.91 Å². The number of nitrogens with zero attached hydrogens (tertiary/aromatic N) is 5. The van der Waals surface area contributed by atoms with Crippen LogP contribution in [0.15, 0.2) is 11.9 Å². The van der Waals surface area contributed by atoms with Gasteiger partial charge < -0.3 is 20.7 Å². The Hall–Kier alpha value is -3.25. The summed E-state index contributed by atoms with van der Waals surface area (Å²) in [6.45, 7) is 8.32. The van der Waals surface area contributed by atoms with Crippen LogP contribution in [0.3, 0.4) is 0 Å². The van der Waals surface area contributed by atoms with E-state index in [-0.39, 0.29) is 11.2 Å². The SMILES string of the molecule is CC(C)(CN1CCOCC1)Nc1nc(NC2CC2)n2ncc(/C=C3\NC(=O)NC3=O)c2n1. The van der Waals surface area contributed by atoms with Crippen LogP contribution in [-0.2, 0) is 9.53 Å². The van der Waals surface area contributed by atoms with Gasteiger partial charge in [-0.3, -0.25) is 15.0 Å². The van der Waals surface area contributed by atoms with Crippen molar-refractivity contribution in [1.82, 2.24) is 35.1 Å². The molecule has 12 heteroatoms. The molecule has 32 heavy (non-hydrogen) atoms. The zero-order valence-corrected chi connectivity index (χ0v) is 18.1. The van der Waals surface area contributed by atoms with Crippen molar-refractivity contribution in [3.05, 3.63) is 17.5 Å². The molecule has 3 amide bonds. The number of aromatic nitrogens is 4. The van der Waals surface area contributed by atoms with Gasteiger partial charge in [-0.1, -0.05) is 0 Å². The monoisotopic (exact) mass is 441 g/mol. The van der Waals surface area contributed by atoms with Gasteiger partial charge in [0, 0.05) is 36.8 Å². The first-order chi connectivity index (χ1) is 15.4. The van der Waals surface area contributed by atoms with Crippen LogP contribution in [0.25, 0.3) is 11.7 Å². The summed E-state index contributed by atoms with van der Waals surface area (Å²) in [5.41, 5.74) is 1.01. The molecule has 4 N–H and O–H groups in total. The van der Waals surface area contributed by atoms with Crippen molar-refractivity contribution >= 4 is 35.6 Å². The van der Waals surface area contributed by atoms with E-state index in [1.165, 1.54) is 0 Å². The van der Waals surface area contributed by atoms with Gasteiger partial charge in [0.15, 0.2) is 5.65 Å². The molecule has 0 unspecified atom stereocenters. The Morgan fingerprint density at radius 2 is 2.00 bits per heavy atom. The predicted molar refractivity (Wildman–Crippen MR) is 117 cm³/mol.